The van der Waals surface area contributed by atoms with Gasteiger partial charge in [-0.15, -0.1) is 0 Å². The maximum absolute atomic E-state index is 13.5. The number of carboxylic acid groups (broad SMARTS) is 1. The lowest BCUT2D eigenvalue weighted by atomic mass is 9.97. The Bertz CT molecular complexity index is 1320. The number of nitrogens with two attached hydrogens (primary N) is 1. The van der Waals surface area contributed by atoms with Crippen LogP contribution < -0.4 is 21.7 Å². The lowest BCUT2D eigenvalue weighted by Gasteiger charge is -2.27. The summed E-state index contributed by atoms with van der Waals surface area (Å²) < 4.78 is 0. The molecular weight excluding hydrogens is 526 g/mol. The molecule has 0 fully saturated rings. The Hall–Kier alpha value is -4.19. The van der Waals surface area contributed by atoms with E-state index in [1.54, 1.807) is 13.1 Å². The van der Waals surface area contributed by atoms with E-state index in [9.17, 15) is 24.3 Å². The number of amides is 3. The van der Waals surface area contributed by atoms with Crippen molar-refractivity contribution in [2.75, 3.05) is 0 Å². The van der Waals surface area contributed by atoms with Crippen molar-refractivity contribution in [3.8, 4) is 0 Å². The van der Waals surface area contributed by atoms with Gasteiger partial charge in [0.05, 0.1) is 12.4 Å². The van der Waals surface area contributed by atoms with Crippen molar-refractivity contribution in [1.29, 1.82) is 0 Å². The molecule has 0 bridgehead atoms. The molecule has 2 heterocycles. The number of imidazole rings is 1. The molecule has 41 heavy (non-hydrogen) atoms. The predicted molar refractivity (Wildman–Crippen MR) is 155 cm³/mol. The molecule has 3 rings (SSSR count). The van der Waals surface area contributed by atoms with Crippen LogP contribution in [-0.2, 0) is 32.0 Å². The summed E-state index contributed by atoms with van der Waals surface area (Å²) in [7, 11) is 0. The van der Waals surface area contributed by atoms with E-state index in [1.807, 2.05) is 51.2 Å². The fourth-order valence-corrected chi connectivity index (χ4v) is 4.65. The van der Waals surface area contributed by atoms with Crippen LogP contribution in [0.25, 0.3) is 10.9 Å². The summed E-state index contributed by atoms with van der Waals surface area (Å²) >= 11 is 0. The Morgan fingerprint density at radius 2 is 1.63 bits per heavy atom. The number of hydrogen-bond donors (Lipinski definition) is 7. The Kier molecular flexibility index (Phi) is 11.0. The molecule has 2 aromatic heterocycles. The lowest BCUT2D eigenvalue weighted by molar-refractivity contribution is -0.144. The minimum Gasteiger partial charge on any atom is -0.480 e. The number of fused-ring (bicyclic) bond motifs is 1. The molecule has 1 aromatic carbocycles. The van der Waals surface area contributed by atoms with Crippen LogP contribution in [0.1, 0.15) is 51.8 Å². The van der Waals surface area contributed by atoms with Crippen molar-refractivity contribution in [3.63, 3.8) is 0 Å². The van der Waals surface area contributed by atoms with E-state index in [0.717, 1.165) is 16.5 Å². The first kappa shape index (κ1) is 31.3. The molecule has 3 amide bonds. The second-order valence-electron chi connectivity index (χ2n) is 10.9. The molecule has 12 heteroatoms. The molecule has 0 aliphatic carbocycles. The molecule has 8 N–H and O–H groups in total. The highest BCUT2D eigenvalue weighted by atomic mass is 16.4. The average molecular weight is 568 g/mol. The summed E-state index contributed by atoms with van der Waals surface area (Å²) in [6.07, 6.45) is 5.97. The zero-order chi connectivity index (χ0) is 30.1. The SMILES string of the molecule is CCC(C)C(NC(=O)C(CC(C)C)NC(=O)C(Cc1cnc[nH]1)NC(=O)C(N)Cc1c[nH]c2ccccc12)C(=O)O. The number of para-hydroxylation sites is 1. The summed E-state index contributed by atoms with van der Waals surface area (Å²) in [6.45, 7) is 7.36. The number of carbonyl (C=O) groups excluding carboxylic acids is 3. The summed E-state index contributed by atoms with van der Waals surface area (Å²) in [4.78, 5) is 61.7. The Morgan fingerprint density at radius 1 is 0.951 bits per heavy atom. The molecule has 3 aromatic rings. The fraction of sp³-hybridized carbons (Fsp3) is 0.483. The fourth-order valence-electron chi connectivity index (χ4n) is 4.65. The molecule has 0 saturated heterocycles. The van der Waals surface area contributed by atoms with E-state index >= 15 is 0 Å². The number of carbonyl (C=O) groups is 4. The number of aromatic nitrogens is 3. The third-order valence-electron chi connectivity index (χ3n) is 7.18. The first-order valence-electron chi connectivity index (χ1n) is 13.9. The maximum Gasteiger partial charge on any atom is 0.326 e. The molecule has 0 aliphatic heterocycles. The van der Waals surface area contributed by atoms with Gasteiger partial charge in [0.25, 0.3) is 0 Å². The van der Waals surface area contributed by atoms with E-state index in [4.69, 9.17) is 5.73 Å². The number of H-pyrrole nitrogens is 2. The van der Waals surface area contributed by atoms with Crippen LogP contribution in [0.5, 0.6) is 0 Å². The minimum atomic E-state index is -1.14. The number of hydrogen-bond acceptors (Lipinski definition) is 6. The molecule has 0 saturated carbocycles. The second-order valence-corrected chi connectivity index (χ2v) is 10.9. The maximum atomic E-state index is 13.5. The molecule has 0 aliphatic rings. The molecule has 222 valence electrons. The standard InChI is InChI=1S/C29H41N7O5/c1-5-17(4)25(29(40)41)36-28(39)23(10-16(2)3)35-27(38)24(12-19-14-31-15-33-19)34-26(37)21(30)11-18-13-32-22-9-7-6-8-20(18)22/h6-9,13-17,21,23-25,32H,5,10-12,30H2,1-4H3,(H,31,33)(H,34,37)(H,35,38)(H,36,39)(H,40,41). The minimum absolute atomic E-state index is 0.0168. The van der Waals surface area contributed by atoms with Gasteiger partial charge < -0.3 is 36.8 Å². The number of rotatable bonds is 15. The van der Waals surface area contributed by atoms with Crippen LogP contribution in [0.2, 0.25) is 0 Å². The van der Waals surface area contributed by atoms with Gasteiger partial charge in [-0.2, -0.15) is 0 Å². The van der Waals surface area contributed by atoms with Crippen LogP contribution in [0.4, 0.5) is 0 Å². The molecule has 0 radical (unpaired) electrons. The highest BCUT2D eigenvalue weighted by Gasteiger charge is 2.32. The number of aromatic amines is 2. The summed E-state index contributed by atoms with van der Waals surface area (Å²) in [6, 6.07) is 3.58. The average Bonchev–Trinajstić information content (AvgIpc) is 3.60. The quantitative estimate of drug-likeness (QED) is 0.145. The van der Waals surface area contributed by atoms with Crippen LogP contribution in [0.15, 0.2) is 43.0 Å². The van der Waals surface area contributed by atoms with E-state index < -0.39 is 47.9 Å². The summed E-state index contributed by atoms with van der Waals surface area (Å²) in [5.74, 6) is -3.15. The molecule has 12 nitrogen and oxygen atoms in total. The van der Waals surface area contributed by atoms with Gasteiger partial charge in [0.15, 0.2) is 0 Å². The third-order valence-corrected chi connectivity index (χ3v) is 7.18. The van der Waals surface area contributed by atoms with E-state index in [1.165, 1.54) is 6.33 Å². The first-order valence-corrected chi connectivity index (χ1v) is 13.9. The van der Waals surface area contributed by atoms with Gasteiger partial charge in [-0.05, 0) is 36.3 Å². The topological polar surface area (TPSA) is 195 Å². The van der Waals surface area contributed by atoms with Gasteiger partial charge in [-0.3, -0.25) is 14.4 Å². The van der Waals surface area contributed by atoms with Crippen LogP contribution in [0.3, 0.4) is 0 Å². The summed E-state index contributed by atoms with van der Waals surface area (Å²) in [5.41, 5.74) is 8.67. The Labute approximate surface area is 239 Å². The van der Waals surface area contributed by atoms with Gasteiger partial charge in [0.2, 0.25) is 17.7 Å². The van der Waals surface area contributed by atoms with Crippen molar-refractivity contribution in [2.24, 2.45) is 17.6 Å². The molecular formula is C29H41N7O5. The molecule has 5 unspecified atom stereocenters. The van der Waals surface area contributed by atoms with Gasteiger partial charge in [0, 0.05) is 35.4 Å². The van der Waals surface area contributed by atoms with Crippen molar-refractivity contribution < 1.29 is 24.3 Å². The lowest BCUT2D eigenvalue weighted by Crippen LogP contribution is -2.58. The van der Waals surface area contributed by atoms with Crippen molar-refractivity contribution >= 4 is 34.6 Å². The molecule has 5 atom stereocenters. The first-order chi connectivity index (χ1) is 19.5. The van der Waals surface area contributed by atoms with Crippen LogP contribution in [0, 0.1) is 11.8 Å². The largest absolute Gasteiger partial charge is 0.480 e. The number of nitrogens with zero attached hydrogens (tertiary/aromatic N) is 1. The van der Waals surface area contributed by atoms with E-state index in [0.29, 0.717) is 12.1 Å². The Balaban J connectivity index is 1.75. The van der Waals surface area contributed by atoms with Gasteiger partial charge >= 0.3 is 5.97 Å². The van der Waals surface area contributed by atoms with E-state index in [-0.39, 0.29) is 31.1 Å². The second kappa shape index (κ2) is 14.4. The zero-order valence-electron chi connectivity index (χ0n) is 23.9. The number of aliphatic carboxylic acids is 1. The van der Waals surface area contributed by atoms with E-state index in [2.05, 4.69) is 30.9 Å². The van der Waals surface area contributed by atoms with Gasteiger partial charge in [-0.25, -0.2) is 9.78 Å². The smallest absolute Gasteiger partial charge is 0.326 e. The highest BCUT2D eigenvalue weighted by molar-refractivity contribution is 5.94. The monoisotopic (exact) mass is 567 g/mol. The van der Waals surface area contributed by atoms with Crippen LogP contribution >= 0.6 is 0 Å². The van der Waals surface area contributed by atoms with Crippen molar-refractivity contribution in [1.82, 2.24) is 30.9 Å². The number of nitrogens with one attached hydrogen (secondary N) is 5. The zero-order valence-corrected chi connectivity index (χ0v) is 23.9. The Morgan fingerprint density at radius 3 is 2.27 bits per heavy atom. The number of carboxylic acids is 1. The van der Waals surface area contributed by atoms with Gasteiger partial charge in [-0.1, -0.05) is 52.3 Å². The normalized spacial score (nSPS) is 15.1. The highest BCUT2D eigenvalue weighted by Crippen LogP contribution is 2.19. The summed E-state index contributed by atoms with van der Waals surface area (Å²) in [5, 5.41) is 18.6. The molecule has 0 spiro atoms. The van der Waals surface area contributed by atoms with Crippen molar-refractivity contribution in [2.45, 2.75) is 77.5 Å². The van der Waals surface area contributed by atoms with Crippen molar-refractivity contribution in [3.05, 3.63) is 54.2 Å². The van der Waals surface area contributed by atoms with Crippen LogP contribution in [-0.4, -0.2) is 67.9 Å². The third kappa shape index (κ3) is 8.65. The number of benzene rings is 1. The predicted octanol–water partition coefficient (Wildman–Crippen LogP) is 1.63. The van der Waals surface area contributed by atoms with Gasteiger partial charge in [0.1, 0.15) is 18.1 Å².